The SMILES string of the molecule is Cc1ccc(C(=O)NCCCN(C)C)cc1NC(=O)c1ccccc1. The zero-order valence-corrected chi connectivity index (χ0v) is 15.0. The summed E-state index contributed by atoms with van der Waals surface area (Å²) in [6, 6.07) is 14.3. The van der Waals surface area contributed by atoms with E-state index < -0.39 is 0 Å². The maximum Gasteiger partial charge on any atom is 0.255 e. The Morgan fingerprint density at radius 1 is 0.960 bits per heavy atom. The number of hydrogen-bond donors (Lipinski definition) is 2. The van der Waals surface area contributed by atoms with Gasteiger partial charge in [-0.15, -0.1) is 0 Å². The van der Waals surface area contributed by atoms with E-state index in [0.29, 0.717) is 23.4 Å². The van der Waals surface area contributed by atoms with Gasteiger partial charge in [-0.1, -0.05) is 24.3 Å². The van der Waals surface area contributed by atoms with Crippen LogP contribution in [0.5, 0.6) is 0 Å². The van der Waals surface area contributed by atoms with Crippen LogP contribution in [0.2, 0.25) is 0 Å². The van der Waals surface area contributed by atoms with E-state index in [1.807, 2.05) is 45.3 Å². The lowest BCUT2D eigenvalue weighted by molar-refractivity contribution is 0.0951. The number of benzene rings is 2. The van der Waals surface area contributed by atoms with E-state index in [-0.39, 0.29) is 11.8 Å². The minimum Gasteiger partial charge on any atom is -0.352 e. The van der Waals surface area contributed by atoms with Gasteiger partial charge in [0.15, 0.2) is 0 Å². The summed E-state index contributed by atoms with van der Waals surface area (Å²) in [6.45, 7) is 3.45. The van der Waals surface area contributed by atoms with Gasteiger partial charge in [0.05, 0.1) is 0 Å². The average molecular weight is 339 g/mol. The molecule has 0 radical (unpaired) electrons. The summed E-state index contributed by atoms with van der Waals surface area (Å²) >= 11 is 0. The summed E-state index contributed by atoms with van der Waals surface area (Å²) in [4.78, 5) is 26.7. The van der Waals surface area contributed by atoms with Gasteiger partial charge in [-0.05, 0) is 63.8 Å². The number of amides is 2. The third-order valence-corrected chi connectivity index (χ3v) is 3.85. The number of anilines is 1. The average Bonchev–Trinajstić information content (AvgIpc) is 2.61. The van der Waals surface area contributed by atoms with Crippen molar-refractivity contribution in [1.29, 1.82) is 0 Å². The van der Waals surface area contributed by atoms with E-state index in [4.69, 9.17) is 0 Å². The van der Waals surface area contributed by atoms with Crippen LogP contribution >= 0.6 is 0 Å². The van der Waals surface area contributed by atoms with Crippen molar-refractivity contribution in [2.75, 3.05) is 32.5 Å². The van der Waals surface area contributed by atoms with Crippen LogP contribution in [0.4, 0.5) is 5.69 Å². The molecule has 0 aliphatic carbocycles. The van der Waals surface area contributed by atoms with Gasteiger partial charge in [0.2, 0.25) is 0 Å². The predicted molar refractivity (Wildman–Crippen MR) is 101 cm³/mol. The summed E-state index contributed by atoms with van der Waals surface area (Å²) in [7, 11) is 4.01. The Morgan fingerprint density at radius 2 is 1.68 bits per heavy atom. The second-order valence-corrected chi connectivity index (χ2v) is 6.26. The van der Waals surface area contributed by atoms with Gasteiger partial charge in [0.1, 0.15) is 0 Å². The molecule has 132 valence electrons. The van der Waals surface area contributed by atoms with E-state index in [2.05, 4.69) is 15.5 Å². The highest BCUT2D eigenvalue weighted by Gasteiger charge is 2.11. The van der Waals surface area contributed by atoms with Crippen LogP contribution in [-0.2, 0) is 0 Å². The Morgan fingerprint density at radius 3 is 2.36 bits per heavy atom. The fraction of sp³-hybridized carbons (Fsp3) is 0.300. The van der Waals surface area contributed by atoms with Gasteiger partial charge in [0.25, 0.3) is 11.8 Å². The highest BCUT2D eigenvalue weighted by atomic mass is 16.2. The third-order valence-electron chi connectivity index (χ3n) is 3.85. The van der Waals surface area contributed by atoms with Crippen molar-refractivity contribution in [2.45, 2.75) is 13.3 Å². The Hall–Kier alpha value is -2.66. The minimum absolute atomic E-state index is 0.131. The van der Waals surface area contributed by atoms with Crippen LogP contribution in [0.1, 0.15) is 32.7 Å². The molecule has 5 nitrogen and oxygen atoms in total. The second kappa shape index (κ2) is 8.99. The molecule has 0 spiro atoms. The number of carbonyl (C=O) groups excluding carboxylic acids is 2. The van der Waals surface area contributed by atoms with E-state index in [0.717, 1.165) is 18.5 Å². The number of hydrogen-bond acceptors (Lipinski definition) is 3. The quantitative estimate of drug-likeness (QED) is 0.763. The van der Waals surface area contributed by atoms with Crippen LogP contribution in [0.3, 0.4) is 0 Å². The number of carbonyl (C=O) groups is 2. The highest BCUT2D eigenvalue weighted by Crippen LogP contribution is 2.18. The van der Waals surface area contributed by atoms with Crippen LogP contribution < -0.4 is 10.6 Å². The fourth-order valence-electron chi connectivity index (χ4n) is 2.38. The van der Waals surface area contributed by atoms with E-state index in [1.165, 1.54) is 0 Å². The van der Waals surface area contributed by atoms with Crippen LogP contribution in [0.15, 0.2) is 48.5 Å². The van der Waals surface area contributed by atoms with Crippen LogP contribution in [0.25, 0.3) is 0 Å². The summed E-state index contributed by atoms with van der Waals surface area (Å²) in [5.41, 5.74) is 2.68. The molecule has 0 aromatic heterocycles. The molecule has 0 heterocycles. The molecule has 0 aliphatic rings. The Balaban J connectivity index is 2.02. The molecule has 2 N–H and O–H groups in total. The standard InChI is InChI=1S/C20H25N3O2/c1-15-10-11-17(19(24)21-12-7-13-23(2)3)14-18(15)22-20(25)16-8-5-4-6-9-16/h4-6,8-11,14H,7,12-13H2,1-3H3,(H,21,24)(H,22,25). The smallest absolute Gasteiger partial charge is 0.255 e. The minimum atomic E-state index is -0.188. The second-order valence-electron chi connectivity index (χ2n) is 6.26. The van der Waals surface area contributed by atoms with Crippen molar-refractivity contribution in [3.8, 4) is 0 Å². The van der Waals surface area contributed by atoms with E-state index in [9.17, 15) is 9.59 Å². The van der Waals surface area contributed by atoms with Crippen molar-refractivity contribution in [3.63, 3.8) is 0 Å². The van der Waals surface area contributed by atoms with Crippen molar-refractivity contribution < 1.29 is 9.59 Å². The van der Waals surface area contributed by atoms with Gasteiger partial charge in [-0.2, -0.15) is 0 Å². The third kappa shape index (κ3) is 5.72. The number of nitrogens with one attached hydrogen (secondary N) is 2. The zero-order valence-electron chi connectivity index (χ0n) is 15.0. The summed E-state index contributed by atoms with van der Waals surface area (Å²) in [5.74, 6) is -0.318. The Kier molecular flexibility index (Phi) is 6.71. The molecule has 2 amide bonds. The zero-order chi connectivity index (χ0) is 18.2. The summed E-state index contributed by atoms with van der Waals surface area (Å²) in [6.07, 6.45) is 0.891. The molecular weight excluding hydrogens is 314 g/mol. The first kappa shape index (κ1) is 18.7. The molecule has 25 heavy (non-hydrogen) atoms. The maximum absolute atomic E-state index is 12.3. The normalized spacial score (nSPS) is 10.6. The molecule has 5 heteroatoms. The number of nitrogens with zero attached hydrogens (tertiary/aromatic N) is 1. The van der Waals surface area contributed by atoms with Gasteiger partial charge >= 0.3 is 0 Å². The molecule has 0 aliphatic heterocycles. The van der Waals surface area contributed by atoms with E-state index >= 15 is 0 Å². The first-order valence-electron chi connectivity index (χ1n) is 8.37. The molecule has 2 aromatic carbocycles. The molecule has 0 bridgehead atoms. The lowest BCUT2D eigenvalue weighted by atomic mass is 10.1. The molecule has 0 saturated heterocycles. The highest BCUT2D eigenvalue weighted by molar-refractivity contribution is 6.05. The Labute approximate surface area is 149 Å². The monoisotopic (exact) mass is 339 g/mol. The summed E-state index contributed by atoms with van der Waals surface area (Å²) in [5, 5.41) is 5.79. The number of aryl methyl sites for hydroxylation is 1. The van der Waals surface area contributed by atoms with Gasteiger partial charge in [0, 0.05) is 23.4 Å². The van der Waals surface area contributed by atoms with Gasteiger partial charge < -0.3 is 15.5 Å². The fourth-order valence-corrected chi connectivity index (χ4v) is 2.38. The molecule has 0 saturated carbocycles. The lowest BCUT2D eigenvalue weighted by Gasteiger charge is -2.12. The van der Waals surface area contributed by atoms with Crippen LogP contribution in [0, 0.1) is 6.92 Å². The first-order valence-corrected chi connectivity index (χ1v) is 8.37. The summed E-state index contributed by atoms with van der Waals surface area (Å²) < 4.78 is 0. The van der Waals surface area contributed by atoms with E-state index in [1.54, 1.807) is 24.3 Å². The van der Waals surface area contributed by atoms with Gasteiger partial charge in [-0.3, -0.25) is 9.59 Å². The van der Waals surface area contributed by atoms with Crippen molar-refractivity contribution in [1.82, 2.24) is 10.2 Å². The topological polar surface area (TPSA) is 61.4 Å². The van der Waals surface area contributed by atoms with Crippen molar-refractivity contribution in [3.05, 3.63) is 65.2 Å². The predicted octanol–water partition coefficient (Wildman–Crippen LogP) is 2.93. The van der Waals surface area contributed by atoms with Crippen molar-refractivity contribution >= 4 is 17.5 Å². The molecule has 2 rings (SSSR count). The van der Waals surface area contributed by atoms with Crippen LogP contribution in [-0.4, -0.2) is 43.9 Å². The Bertz CT molecular complexity index is 727. The number of rotatable bonds is 7. The molecule has 0 atom stereocenters. The van der Waals surface area contributed by atoms with Gasteiger partial charge in [-0.25, -0.2) is 0 Å². The van der Waals surface area contributed by atoms with Crippen molar-refractivity contribution in [2.24, 2.45) is 0 Å². The largest absolute Gasteiger partial charge is 0.352 e. The molecule has 2 aromatic rings. The molecule has 0 fully saturated rings. The molecule has 0 unspecified atom stereocenters. The molecular formula is C20H25N3O2. The maximum atomic E-state index is 12.3. The lowest BCUT2D eigenvalue weighted by Crippen LogP contribution is -2.27. The first-order chi connectivity index (χ1) is 12.0.